The Morgan fingerprint density at radius 3 is 2.36 bits per heavy atom. The van der Waals surface area contributed by atoms with Gasteiger partial charge in [-0.15, -0.1) is 0 Å². The molecule has 0 spiro atoms. The summed E-state index contributed by atoms with van der Waals surface area (Å²) in [5, 5.41) is 7.59. The van der Waals surface area contributed by atoms with E-state index in [0.29, 0.717) is 0 Å². The molecule has 2 nitrogen and oxygen atoms in total. The molecular weight excluding hydrogens is 312 g/mol. The molecule has 1 N–H and O–H groups in total. The average molecular weight is 330 g/mol. The summed E-state index contributed by atoms with van der Waals surface area (Å²) in [5.41, 5.74) is 4.76. The Balaban J connectivity index is 1.93. The maximum absolute atomic E-state index is 5.98. The van der Waals surface area contributed by atoms with Crippen molar-refractivity contribution < 1.29 is 4.57 Å². The molecule has 112 valence electrons. The number of benzene rings is 2. The first-order valence-corrected chi connectivity index (χ1v) is 8.54. The molecule has 0 aliphatic rings. The largest absolute Gasteiger partial charge is 0.339 e. The van der Waals surface area contributed by atoms with Crippen molar-refractivity contribution in [3.8, 4) is 11.3 Å². The van der Waals surface area contributed by atoms with Crippen molar-refractivity contribution in [2.45, 2.75) is 20.4 Å². The fourth-order valence-electron chi connectivity index (χ4n) is 2.36. The quantitative estimate of drug-likeness (QED) is 0.631. The van der Waals surface area contributed by atoms with Crippen molar-refractivity contribution in [3.63, 3.8) is 0 Å². The van der Waals surface area contributed by atoms with Gasteiger partial charge in [-0.05, 0) is 50.2 Å². The lowest BCUT2D eigenvalue weighted by Gasteiger charge is -2.04. The highest BCUT2D eigenvalue weighted by molar-refractivity contribution is 7.13. The number of aryl methyl sites for hydroxylation is 1. The van der Waals surface area contributed by atoms with Crippen LogP contribution in [-0.4, -0.2) is 0 Å². The van der Waals surface area contributed by atoms with Gasteiger partial charge in [0.2, 0.25) is 0 Å². The maximum Gasteiger partial charge on any atom is 0.339 e. The fourth-order valence-corrected chi connectivity index (χ4v) is 3.51. The molecule has 0 aliphatic carbocycles. The minimum absolute atomic E-state index is 0.764. The summed E-state index contributed by atoms with van der Waals surface area (Å²) in [4.78, 5) is 0. The Labute approximate surface area is 140 Å². The topological polar surface area (TPSA) is 15.9 Å². The van der Waals surface area contributed by atoms with Gasteiger partial charge in [0.1, 0.15) is 11.4 Å². The molecule has 0 fully saturated rings. The van der Waals surface area contributed by atoms with Gasteiger partial charge in [-0.2, -0.15) is 0 Å². The van der Waals surface area contributed by atoms with Gasteiger partial charge in [0.15, 0.2) is 0 Å². The zero-order valence-corrected chi connectivity index (χ0v) is 14.2. The lowest BCUT2D eigenvalue weighted by Crippen LogP contribution is -2.34. The van der Waals surface area contributed by atoms with Gasteiger partial charge >= 0.3 is 5.13 Å². The fraction of sp³-hybridized carbons (Fsp3) is 0.167. The van der Waals surface area contributed by atoms with E-state index in [9.17, 15) is 0 Å². The van der Waals surface area contributed by atoms with Crippen molar-refractivity contribution in [2.75, 3.05) is 5.32 Å². The number of aromatic nitrogens is 1. The highest BCUT2D eigenvalue weighted by Crippen LogP contribution is 2.26. The molecule has 0 unspecified atom stereocenters. The second-order valence-electron chi connectivity index (χ2n) is 5.17. The van der Waals surface area contributed by atoms with Gasteiger partial charge in [0.25, 0.3) is 0 Å². The van der Waals surface area contributed by atoms with E-state index >= 15 is 0 Å². The van der Waals surface area contributed by atoms with Crippen LogP contribution in [0.2, 0.25) is 5.02 Å². The van der Waals surface area contributed by atoms with Gasteiger partial charge in [-0.25, -0.2) is 9.88 Å². The van der Waals surface area contributed by atoms with E-state index in [4.69, 9.17) is 11.6 Å². The first kappa shape index (κ1) is 15.1. The molecule has 1 heterocycles. The lowest BCUT2D eigenvalue weighted by atomic mass is 10.2. The molecule has 0 bridgehead atoms. The third kappa shape index (κ3) is 3.16. The normalized spacial score (nSPS) is 10.7. The van der Waals surface area contributed by atoms with Crippen molar-refractivity contribution in [2.24, 2.45) is 0 Å². The maximum atomic E-state index is 5.98. The van der Waals surface area contributed by atoms with E-state index < -0.39 is 0 Å². The van der Waals surface area contributed by atoms with Gasteiger partial charge in [0, 0.05) is 16.0 Å². The molecule has 3 aromatic rings. The molecule has 0 amide bonds. The number of hydrogen-bond acceptors (Lipinski definition) is 2. The predicted octanol–water partition coefficient (Wildman–Crippen LogP) is 5.43. The third-order valence-corrected chi connectivity index (χ3v) is 4.72. The summed E-state index contributed by atoms with van der Waals surface area (Å²) in [6.07, 6.45) is 0. The number of thiazole rings is 1. The Hall–Kier alpha value is -1.84. The monoisotopic (exact) mass is 329 g/mol. The smallest absolute Gasteiger partial charge is 0.231 e. The van der Waals surface area contributed by atoms with Crippen LogP contribution in [0.3, 0.4) is 0 Å². The van der Waals surface area contributed by atoms with Crippen molar-refractivity contribution in [1.29, 1.82) is 0 Å². The first-order valence-electron chi connectivity index (χ1n) is 7.28. The third-order valence-electron chi connectivity index (χ3n) is 3.58. The number of nitrogens with zero attached hydrogens (tertiary/aromatic N) is 1. The number of halogens is 1. The zero-order chi connectivity index (χ0) is 15.5. The molecule has 2 aromatic carbocycles. The van der Waals surface area contributed by atoms with Crippen molar-refractivity contribution >= 4 is 33.8 Å². The van der Waals surface area contributed by atoms with Crippen LogP contribution in [0.1, 0.15) is 12.5 Å². The molecule has 4 heteroatoms. The Kier molecular flexibility index (Phi) is 4.46. The van der Waals surface area contributed by atoms with Crippen LogP contribution in [0, 0.1) is 6.92 Å². The van der Waals surface area contributed by atoms with E-state index in [1.807, 2.05) is 12.1 Å². The van der Waals surface area contributed by atoms with Crippen LogP contribution in [0.25, 0.3) is 11.3 Å². The molecule has 0 atom stereocenters. The van der Waals surface area contributed by atoms with Gasteiger partial charge < -0.3 is 0 Å². The van der Waals surface area contributed by atoms with Crippen LogP contribution >= 0.6 is 22.9 Å². The van der Waals surface area contributed by atoms with Crippen molar-refractivity contribution in [1.82, 2.24) is 0 Å². The minimum Gasteiger partial charge on any atom is -0.231 e. The van der Waals surface area contributed by atoms with E-state index in [2.05, 4.69) is 65.5 Å². The van der Waals surface area contributed by atoms with Gasteiger partial charge in [-0.1, -0.05) is 40.6 Å². The lowest BCUT2D eigenvalue weighted by molar-refractivity contribution is -0.664. The second kappa shape index (κ2) is 6.51. The summed E-state index contributed by atoms with van der Waals surface area (Å²) in [6.45, 7) is 5.17. The van der Waals surface area contributed by atoms with Gasteiger partial charge in [0.05, 0.1) is 6.54 Å². The van der Waals surface area contributed by atoms with Crippen LogP contribution in [0.15, 0.2) is 53.9 Å². The number of rotatable bonds is 4. The second-order valence-corrected chi connectivity index (χ2v) is 6.46. The Bertz CT molecular complexity index is 761. The highest BCUT2D eigenvalue weighted by atomic mass is 35.5. The number of hydrogen-bond donors (Lipinski definition) is 1. The van der Waals surface area contributed by atoms with Crippen LogP contribution in [-0.2, 0) is 6.54 Å². The molecule has 0 aliphatic heterocycles. The standard InChI is InChI=1S/C18H17ClN2S/c1-3-21-17(14-6-8-15(19)9-7-14)12-22-18(21)20-16-10-4-13(2)5-11-16/h4-12H,3H2,1-2H3/p+1. The SMILES string of the molecule is CC[n+]1c(-c2ccc(Cl)cc2)csc1Nc1ccc(C)cc1. The Morgan fingerprint density at radius 2 is 1.73 bits per heavy atom. The molecule has 0 saturated heterocycles. The summed E-state index contributed by atoms with van der Waals surface area (Å²) in [7, 11) is 0. The van der Waals surface area contributed by atoms with E-state index in [1.54, 1.807) is 11.3 Å². The first-order chi connectivity index (χ1) is 10.7. The number of anilines is 2. The van der Waals surface area contributed by atoms with E-state index in [0.717, 1.165) is 22.4 Å². The zero-order valence-electron chi connectivity index (χ0n) is 12.6. The molecule has 0 radical (unpaired) electrons. The highest BCUT2D eigenvalue weighted by Gasteiger charge is 2.18. The average Bonchev–Trinajstić information content (AvgIpc) is 2.93. The summed E-state index contributed by atoms with van der Waals surface area (Å²) < 4.78 is 2.29. The van der Waals surface area contributed by atoms with Crippen molar-refractivity contribution in [3.05, 3.63) is 64.5 Å². The molecule has 1 aromatic heterocycles. The molecular formula is C18H18ClN2S+. The van der Waals surface area contributed by atoms with Gasteiger partial charge in [-0.3, -0.25) is 0 Å². The van der Waals surface area contributed by atoms with E-state index in [1.165, 1.54) is 16.8 Å². The molecule has 22 heavy (non-hydrogen) atoms. The summed E-state index contributed by atoms with van der Waals surface area (Å²) in [5.74, 6) is 0. The van der Waals surface area contributed by atoms with Crippen LogP contribution in [0.4, 0.5) is 10.8 Å². The minimum atomic E-state index is 0.764. The summed E-state index contributed by atoms with van der Waals surface area (Å²) in [6, 6.07) is 16.4. The summed E-state index contributed by atoms with van der Waals surface area (Å²) >= 11 is 7.70. The van der Waals surface area contributed by atoms with E-state index in [-0.39, 0.29) is 0 Å². The predicted molar refractivity (Wildman–Crippen MR) is 95.1 cm³/mol. The number of nitrogens with one attached hydrogen (secondary N) is 1. The van der Waals surface area contributed by atoms with Crippen LogP contribution in [0.5, 0.6) is 0 Å². The van der Waals surface area contributed by atoms with Crippen LogP contribution < -0.4 is 9.88 Å². The Morgan fingerprint density at radius 1 is 1.05 bits per heavy atom. The molecule has 3 rings (SSSR count). The molecule has 0 saturated carbocycles.